The van der Waals surface area contributed by atoms with E-state index in [4.69, 9.17) is 10.7 Å². The van der Waals surface area contributed by atoms with E-state index in [1.165, 1.54) is 0 Å². The summed E-state index contributed by atoms with van der Waals surface area (Å²) in [6, 6.07) is 1.72. The summed E-state index contributed by atoms with van der Waals surface area (Å²) < 4.78 is 21.6. The molecular weight excluding hydrogens is 224 g/mol. The van der Waals surface area contributed by atoms with Crippen LogP contribution in [0, 0.1) is 0 Å². The van der Waals surface area contributed by atoms with Crippen molar-refractivity contribution in [2.45, 2.75) is 31.9 Å². The quantitative estimate of drug-likeness (QED) is 0.797. The van der Waals surface area contributed by atoms with Crippen LogP contribution in [0.3, 0.4) is 0 Å². The highest BCUT2D eigenvalue weighted by atomic mass is 35.7. The molecule has 0 aromatic carbocycles. The summed E-state index contributed by atoms with van der Waals surface area (Å²) in [6.07, 6.45) is 0. The van der Waals surface area contributed by atoms with Gasteiger partial charge in [-0.25, -0.2) is 8.42 Å². The molecule has 14 heavy (non-hydrogen) atoms. The topological polar surface area (TPSA) is 62.8 Å². The molecule has 0 aliphatic heterocycles. The molecule has 0 fully saturated rings. The van der Waals surface area contributed by atoms with Gasteiger partial charge < -0.3 is 0 Å². The van der Waals surface area contributed by atoms with Gasteiger partial charge in [0.25, 0.3) is 0 Å². The summed E-state index contributed by atoms with van der Waals surface area (Å²) >= 11 is 0. The highest BCUT2D eigenvalue weighted by Gasteiger charge is 2.18. The summed E-state index contributed by atoms with van der Waals surface area (Å²) in [5.74, 6) is -0.211. The fourth-order valence-electron chi connectivity index (χ4n) is 1.01. The van der Waals surface area contributed by atoms with Crippen molar-refractivity contribution in [3.05, 3.63) is 17.5 Å². The molecule has 0 bridgehead atoms. The Hall–Kier alpha value is -0.550. The molecule has 0 amide bonds. The largest absolute Gasteiger partial charge is 0.281 e. The molecular formula is C8H13ClN2O2S. The second-order valence-corrected chi connectivity index (χ2v) is 6.99. The number of aromatic nitrogens is 2. The molecule has 0 unspecified atom stereocenters. The van der Waals surface area contributed by atoms with Crippen molar-refractivity contribution in [1.29, 1.82) is 0 Å². The van der Waals surface area contributed by atoms with Gasteiger partial charge in [-0.2, -0.15) is 5.10 Å². The van der Waals surface area contributed by atoms with Crippen LogP contribution in [0.4, 0.5) is 0 Å². The van der Waals surface area contributed by atoms with Crippen LogP contribution in [-0.4, -0.2) is 18.6 Å². The van der Waals surface area contributed by atoms with Gasteiger partial charge >= 0.3 is 0 Å². The van der Waals surface area contributed by atoms with Crippen LogP contribution < -0.4 is 0 Å². The van der Waals surface area contributed by atoms with Crippen LogP contribution >= 0.6 is 10.7 Å². The molecule has 6 heteroatoms. The lowest BCUT2D eigenvalue weighted by atomic mass is 9.92. The normalized spacial score (nSPS) is 13.1. The molecule has 0 aliphatic carbocycles. The Morgan fingerprint density at radius 3 is 2.43 bits per heavy atom. The Labute approximate surface area is 88.1 Å². The van der Waals surface area contributed by atoms with Gasteiger partial charge in [-0.05, 0) is 6.07 Å². The maximum Gasteiger partial charge on any atom is 0.238 e. The monoisotopic (exact) mass is 236 g/mol. The number of H-pyrrole nitrogens is 1. The first-order chi connectivity index (χ1) is 6.18. The van der Waals surface area contributed by atoms with Crippen LogP contribution in [0.15, 0.2) is 6.07 Å². The number of nitrogens with zero attached hydrogens (tertiary/aromatic N) is 1. The van der Waals surface area contributed by atoms with E-state index in [9.17, 15) is 8.42 Å². The molecule has 0 radical (unpaired) electrons. The SMILES string of the molecule is CC(C)(C)c1cc(CS(=O)(=O)Cl)[nH]n1. The maximum atomic E-state index is 10.8. The van der Waals surface area contributed by atoms with Crippen LogP contribution in [0.2, 0.25) is 0 Å². The molecule has 0 saturated heterocycles. The minimum absolute atomic E-state index is 0.0924. The Bertz CT molecular complexity index is 417. The third-order valence-electron chi connectivity index (χ3n) is 1.73. The number of hydrogen-bond donors (Lipinski definition) is 1. The summed E-state index contributed by atoms with van der Waals surface area (Å²) in [7, 11) is 1.61. The van der Waals surface area contributed by atoms with E-state index >= 15 is 0 Å². The van der Waals surface area contributed by atoms with Gasteiger partial charge in [0.2, 0.25) is 9.05 Å². The zero-order chi connectivity index (χ0) is 11.0. The van der Waals surface area contributed by atoms with Crippen LogP contribution in [0.25, 0.3) is 0 Å². The Balaban J connectivity index is 2.90. The molecule has 0 spiro atoms. The van der Waals surface area contributed by atoms with Crippen molar-refractivity contribution < 1.29 is 8.42 Å². The van der Waals surface area contributed by atoms with Gasteiger partial charge in [-0.15, -0.1) is 0 Å². The van der Waals surface area contributed by atoms with Crippen LogP contribution in [-0.2, 0) is 20.2 Å². The molecule has 4 nitrogen and oxygen atoms in total. The van der Waals surface area contributed by atoms with E-state index in [-0.39, 0.29) is 11.2 Å². The van der Waals surface area contributed by atoms with Crippen molar-refractivity contribution >= 4 is 19.7 Å². The molecule has 0 atom stereocenters. The van der Waals surface area contributed by atoms with Crippen molar-refractivity contribution in [2.75, 3.05) is 0 Å². The molecule has 80 valence electrons. The Morgan fingerprint density at radius 2 is 2.07 bits per heavy atom. The lowest BCUT2D eigenvalue weighted by Crippen LogP contribution is -2.11. The van der Waals surface area contributed by atoms with E-state index in [0.717, 1.165) is 5.69 Å². The second-order valence-electron chi connectivity index (χ2n) is 4.21. The summed E-state index contributed by atoms with van der Waals surface area (Å²) in [4.78, 5) is 0. The minimum atomic E-state index is -3.51. The number of hydrogen-bond acceptors (Lipinski definition) is 3. The fourth-order valence-corrected chi connectivity index (χ4v) is 1.88. The fraction of sp³-hybridized carbons (Fsp3) is 0.625. The number of halogens is 1. The minimum Gasteiger partial charge on any atom is -0.281 e. The average Bonchev–Trinajstić information content (AvgIpc) is 2.29. The highest BCUT2D eigenvalue weighted by molar-refractivity contribution is 8.13. The van der Waals surface area contributed by atoms with Gasteiger partial charge in [0.15, 0.2) is 0 Å². The van der Waals surface area contributed by atoms with Crippen LogP contribution in [0.1, 0.15) is 32.2 Å². The van der Waals surface area contributed by atoms with Gasteiger partial charge in [0.1, 0.15) is 5.75 Å². The lowest BCUT2D eigenvalue weighted by molar-refractivity contribution is 0.567. The third kappa shape index (κ3) is 3.31. The van der Waals surface area contributed by atoms with E-state index < -0.39 is 9.05 Å². The van der Waals surface area contributed by atoms with Crippen molar-refractivity contribution in [3.8, 4) is 0 Å². The van der Waals surface area contributed by atoms with Crippen molar-refractivity contribution in [3.63, 3.8) is 0 Å². The van der Waals surface area contributed by atoms with E-state index in [1.807, 2.05) is 20.8 Å². The lowest BCUT2D eigenvalue weighted by Gasteiger charge is -2.13. The van der Waals surface area contributed by atoms with E-state index in [0.29, 0.717) is 5.69 Å². The van der Waals surface area contributed by atoms with Crippen molar-refractivity contribution in [1.82, 2.24) is 10.2 Å². The third-order valence-corrected chi connectivity index (χ3v) is 2.71. The molecule has 0 saturated carbocycles. The van der Waals surface area contributed by atoms with Crippen molar-refractivity contribution in [2.24, 2.45) is 0 Å². The first-order valence-electron chi connectivity index (χ1n) is 4.15. The summed E-state index contributed by atoms with van der Waals surface area (Å²) in [5.41, 5.74) is 1.25. The van der Waals surface area contributed by atoms with Crippen LogP contribution in [0.5, 0.6) is 0 Å². The van der Waals surface area contributed by atoms with Gasteiger partial charge in [0.05, 0.1) is 11.4 Å². The van der Waals surface area contributed by atoms with Gasteiger partial charge in [0, 0.05) is 16.1 Å². The first-order valence-corrected chi connectivity index (χ1v) is 6.63. The zero-order valence-corrected chi connectivity index (χ0v) is 9.91. The molecule has 1 aromatic heterocycles. The Kier molecular flexibility index (Phi) is 2.92. The summed E-state index contributed by atoms with van der Waals surface area (Å²) in [5, 5.41) is 6.68. The zero-order valence-electron chi connectivity index (χ0n) is 8.33. The second kappa shape index (κ2) is 3.55. The number of rotatable bonds is 2. The molecule has 1 heterocycles. The molecule has 1 rings (SSSR count). The first kappa shape index (κ1) is 11.5. The molecule has 1 aromatic rings. The maximum absolute atomic E-state index is 10.8. The standard InChI is InChI=1S/C8H13ClN2O2S/c1-8(2,3)7-4-6(10-11-7)5-14(9,12)13/h4H,5H2,1-3H3,(H,10,11). The molecule has 1 N–H and O–H groups in total. The smallest absolute Gasteiger partial charge is 0.238 e. The predicted octanol–water partition coefficient (Wildman–Crippen LogP) is 1.78. The van der Waals surface area contributed by atoms with Gasteiger partial charge in [-0.1, -0.05) is 20.8 Å². The predicted molar refractivity (Wildman–Crippen MR) is 55.8 cm³/mol. The van der Waals surface area contributed by atoms with E-state index in [1.54, 1.807) is 6.07 Å². The van der Waals surface area contributed by atoms with E-state index in [2.05, 4.69) is 10.2 Å². The Morgan fingerprint density at radius 1 is 1.50 bits per heavy atom. The number of aromatic amines is 1. The number of nitrogens with one attached hydrogen (secondary N) is 1. The summed E-state index contributed by atoms with van der Waals surface area (Å²) in [6.45, 7) is 6.01. The average molecular weight is 237 g/mol. The molecule has 0 aliphatic rings. The highest BCUT2D eigenvalue weighted by Crippen LogP contribution is 2.21. The van der Waals surface area contributed by atoms with Gasteiger partial charge in [-0.3, -0.25) is 5.10 Å².